The predicted octanol–water partition coefficient (Wildman–Crippen LogP) is 1.46. The third-order valence-corrected chi connectivity index (χ3v) is 3.74. The molecule has 24 heavy (non-hydrogen) atoms. The molecular weight excluding hydrogens is 316 g/mol. The van der Waals surface area contributed by atoms with Gasteiger partial charge in [0.25, 0.3) is 11.6 Å². The third kappa shape index (κ3) is 2.62. The maximum atomic E-state index is 12.4. The maximum absolute atomic E-state index is 12.4. The van der Waals surface area contributed by atoms with Crippen molar-refractivity contribution in [1.82, 2.24) is 20.2 Å². The Morgan fingerprint density at radius 1 is 1.46 bits per heavy atom. The van der Waals surface area contributed by atoms with E-state index in [4.69, 9.17) is 4.74 Å². The van der Waals surface area contributed by atoms with E-state index in [0.717, 1.165) is 0 Å². The average Bonchev–Trinajstić information content (AvgIpc) is 3.01. The number of carbonyl (C=O) groups excluding carboxylic acids is 1. The van der Waals surface area contributed by atoms with E-state index in [0.29, 0.717) is 11.3 Å². The van der Waals surface area contributed by atoms with Gasteiger partial charge in [0.2, 0.25) is 0 Å². The summed E-state index contributed by atoms with van der Waals surface area (Å²) in [5.74, 6) is -0.996. The van der Waals surface area contributed by atoms with E-state index in [1.807, 2.05) is 0 Å². The fourth-order valence-corrected chi connectivity index (χ4v) is 2.73. The number of nitro groups is 1. The Hall–Kier alpha value is -3.17. The fourth-order valence-electron chi connectivity index (χ4n) is 2.73. The van der Waals surface area contributed by atoms with Crippen molar-refractivity contribution in [2.24, 2.45) is 10.9 Å². The van der Waals surface area contributed by atoms with Gasteiger partial charge in [0, 0.05) is 17.8 Å². The second-order valence-electron chi connectivity index (χ2n) is 5.20. The Bertz CT molecular complexity index is 830. The lowest BCUT2D eigenvalue weighted by Gasteiger charge is -2.28. The molecule has 10 nitrogen and oxygen atoms in total. The van der Waals surface area contributed by atoms with Crippen LogP contribution in [0.3, 0.4) is 0 Å². The second-order valence-corrected chi connectivity index (χ2v) is 5.20. The van der Waals surface area contributed by atoms with Gasteiger partial charge in [0.05, 0.1) is 11.5 Å². The number of aromatic nitrogens is 4. The largest absolute Gasteiger partial charge is 0.465 e. The van der Waals surface area contributed by atoms with Crippen LogP contribution in [0.5, 0.6) is 0 Å². The van der Waals surface area contributed by atoms with E-state index in [2.05, 4.69) is 20.5 Å². The standard InChI is InChI=1S/C14H14N6O4/c1-3-24-13(21)11-8(2)15-14-16-17-18-19(14)12(11)9-5-4-6-10(7-9)20(22)23/h4-7,11-12H,3H2,1-2H3. The van der Waals surface area contributed by atoms with Gasteiger partial charge in [-0.2, -0.15) is 0 Å². The molecule has 10 heteroatoms. The minimum absolute atomic E-state index is 0.0788. The number of hydrogen-bond donors (Lipinski definition) is 0. The number of tetrazole rings is 1. The molecule has 124 valence electrons. The Balaban J connectivity index is 2.13. The summed E-state index contributed by atoms with van der Waals surface area (Å²) in [4.78, 5) is 27.2. The van der Waals surface area contributed by atoms with Gasteiger partial charge in [-0.15, -0.1) is 0 Å². The molecule has 3 rings (SSSR count). The first-order valence-corrected chi connectivity index (χ1v) is 7.27. The monoisotopic (exact) mass is 330 g/mol. The van der Waals surface area contributed by atoms with Crippen molar-refractivity contribution >= 4 is 23.3 Å². The fraction of sp³-hybridized carbons (Fsp3) is 0.357. The number of hydrogen-bond acceptors (Lipinski definition) is 8. The van der Waals surface area contributed by atoms with Crippen LogP contribution in [0.2, 0.25) is 0 Å². The number of nitro benzene ring substituents is 1. The summed E-state index contributed by atoms with van der Waals surface area (Å²) in [6, 6.07) is 5.37. The molecule has 0 bridgehead atoms. The summed E-state index contributed by atoms with van der Waals surface area (Å²) in [6.07, 6.45) is 0. The van der Waals surface area contributed by atoms with Crippen LogP contribution in [0, 0.1) is 16.0 Å². The van der Waals surface area contributed by atoms with E-state index in [-0.39, 0.29) is 18.2 Å². The van der Waals surface area contributed by atoms with Crippen molar-refractivity contribution in [1.29, 1.82) is 0 Å². The normalized spacial score (nSPS) is 19.3. The first kappa shape index (κ1) is 15.7. The van der Waals surface area contributed by atoms with Crippen molar-refractivity contribution in [2.45, 2.75) is 19.9 Å². The number of ether oxygens (including phenoxy) is 1. The maximum Gasteiger partial charge on any atom is 0.317 e. The van der Waals surface area contributed by atoms with E-state index < -0.39 is 22.9 Å². The van der Waals surface area contributed by atoms with E-state index in [1.165, 1.54) is 16.8 Å². The van der Waals surface area contributed by atoms with Crippen LogP contribution in [0.4, 0.5) is 11.6 Å². The molecule has 2 aromatic rings. The summed E-state index contributed by atoms with van der Waals surface area (Å²) in [5, 5.41) is 22.3. The minimum atomic E-state index is -0.761. The molecular formula is C14H14N6O4. The minimum Gasteiger partial charge on any atom is -0.465 e. The highest BCUT2D eigenvalue weighted by Crippen LogP contribution is 2.36. The van der Waals surface area contributed by atoms with Gasteiger partial charge < -0.3 is 4.74 Å². The van der Waals surface area contributed by atoms with E-state index >= 15 is 0 Å². The topological polar surface area (TPSA) is 125 Å². The van der Waals surface area contributed by atoms with Crippen molar-refractivity contribution in [3.63, 3.8) is 0 Å². The lowest BCUT2D eigenvalue weighted by atomic mass is 9.88. The summed E-state index contributed by atoms with van der Waals surface area (Å²) < 4.78 is 6.52. The molecule has 0 aliphatic carbocycles. The van der Waals surface area contributed by atoms with E-state index in [9.17, 15) is 14.9 Å². The molecule has 0 fully saturated rings. The summed E-state index contributed by atoms with van der Waals surface area (Å²) >= 11 is 0. The number of fused-ring (bicyclic) bond motifs is 1. The van der Waals surface area contributed by atoms with Gasteiger partial charge in [-0.1, -0.05) is 17.2 Å². The van der Waals surface area contributed by atoms with Gasteiger partial charge in [-0.05, 0) is 29.8 Å². The number of rotatable bonds is 4. The molecule has 1 aliphatic heterocycles. The van der Waals surface area contributed by atoms with Gasteiger partial charge >= 0.3 is 5.97 Å². The number of nitrogens with zero attached hydrogens (tertiary/aromatic N) is 6. The molecule has 0 saturated carbocycles. The first-order chi connectivity index (χ1) is 11.5. The zero-order chi connectivity index (χ0) is 17.3. The molecule has 1 aromatic heterocycles. The van der Waals surface area contributed by atoms with Crippen molar-refractivity contribution < 1.29 is 14.5 Å². The average molecular weight is 330 g/mol. The molecule has 0 amide bonds. The van der Waals surface area contributed by atoms with Gasteiger partial charge in [-0.25, -0.2) is 9.67 Å². The Morgan fingerprint density at radius 3 is 2.96 bits per heavy atom. The van der Waals surface area contributed by atoms with Gasteiger partial charge in [-0.3, -0.25) is 14.9 Å². The van der Waals surface area contributed by atoms with Gasteiger partial charge in [0.1, 0.15) is 12.0 Å². The van der Waals surface area contributed by atoms with Crippen molar-refractivity contribution in [2.75, 3.05) is 6.61 Å². The molecule has 1 aliphatic rings. The number of carbonyl (C=O) groups is 1. The number of non-ortho nitro benzene ring substituents is 1. The Morgan fingerprint density at radius 2 is 2.25 bits per heavy atom. The molecule has 0 saturated heterocycles. The van der Waals surface area contributed by atoms with Crippen LogP contribution >= 0.6 is 0 Å². The van der Waals surface area contributed by atoms with Crippen molar-refractivity contribution in [3.05, 3.63) is 39.9 Å². The van der Waals surface area contributed by atoms with Crippen LogP contribution in [-0.2, 0) is 9.53 Å². The summed E-state index contributed by atoms with van der Waals surface area (Å²) in [6.45, 7) is 3.61. The molecule has 2 heterocycles. The smallest absolute Gasteiger partial charge is 0.317 e. The zero-order valence-electron chi connectivity index (χ0n) is 13.0. The molecule has 0 spiro atoms. The molecule has 0 N–H and O–H groups in total. The Labute approximate surface area is 136 Å². The lowest BCUT2D eigenvalue weighted by molar-refractivity contribution is -0.384. The Kier molecular flexibility index (Phi) is 4.02. The lowest BCUT2D eigenvalue weighted by Crippen LogP contribution is -2.37. The van der Waals surface area contributed by atoms with Crippen molar-refractivity contribution in [3.8, 4) is 0 Å². The third-order valence-electron chi connectivity index (χ3n) is 3.74. The molecule has 0 radical (unpaired) electrons. The summed E-state index contributed by atoms with van der Waals surface area (Å²) in [5.41, 5.74) is 0.946. The zero-order valence-corrected chi connectivity index (χ0v) is 13.0. The van der Waals surface area contributed by atoms with Crippen LogP contribution in [0.15, 0.2) is 29.3 Å². The number of esters is 1. The highest BCUT2D eigenvalue weighted by Gasteiger charge is 2.40. The molecule has 2 atom stereocenters. The quantitative estimate of drug-likeness (QED) is 0.472. The van der Waals surface area contributed by atoms with Gasteiger partial charge in [0.15, 0.2) is 0 Å². The predicted molar refractivity (Wildman–Crippen MR) is 81.9 cm³/mol. The molecule has 2 unspecified atom stereocenters. The molecule has 1 aromatic carbocycles. The number of benzene rings is 1. The SMILES string of the molecule is CCOC(=O)C1C(C)=Nc2nnnn2C1c1cccc([N+](=O)[O-])c1. The number of aliphatic imine (C=N–C) groups is 1. The van der Waals surface area contributed by atoms with E-state index in [1.54, 1.807) is 26.0 Å². The summed E-state index contributed by atoms with van der Waals surface area (Å²) in [7, 11) is 0. The highest BCUT2D eigenvalue weighted by atomic mass is 16.6. The second kappa shape index (κ2) is 6.14. The van der Waals surface area contributed by atoms with Crippen LogP contribution in [0.25, 0.3) is 0 Å². The van der Waals surface area contributed by atoms with Crippen LogP contribution < -0.4 is 0 Å². The van der Waals surface area contributed by atoms with Crippen LogP contribution in [-0.4, -0.2) is 43.4 Å². The highest BCUT2D eigenvalue weighted by molar-refractivity contribution is 6.03. The van der Waals surface area contributed by atoms with Crippen LogP contribution in [0.1, 0.15) is 25.5 Å². The first-order valence-electron chi connectivity index (χ1n) is 7.27.